The Hall–Kier alpha value is -4.57. The SMILES string of the molecule is Cc1ncccc1OCCN(CCCCc1ccc2c(n1)NCCC2)CC[C@H](Nc1ncncc1-c1ccccc1)C(=O)O. The third-order valence-electron chi connectivity index (χ3n) is 7.87. The van der Waals surface area contributed by atoms with Gasteiger partial charge in [-0.05, 0) is 81.3 Å². The van der Waals surface area contributed by atoms with E-state index >= 15 is 0 Å². The molecule has 1 aliphatic rings. The summed E-state index contributed by atoms with van der Waals surface area (Å²) in [6.45, 7) is 5.48. The Labute approximate surface area is 259 Å². The molecule has 0 unspecified atom stereocenters. The number of carbonyl (C=O) groups is 1. The summed E-state index contributed by atoms with van der Waals surface area (Å²) in [5.41, 5.74) is 4.94. The summed E-state index contributed by atoms with van der Waals surface area (Å²) in [6, 6.07) is 17.1. The van der Waals surface area contributed by atoms with Gasteiger partial charge in [-0.15, -0.1) is 0 Å². The van der Waals surface area contributed by atoms with Crippen molar-refractivity contribution in [1.29, 1.82) is 0 Å². The molecule has 230 valence electrons. The number of aliphatic carboxylic acids is 1. The number of hydrogen-bond donors (Lipinski definition) is 3. The smallest absolute Gasteiger partial charge is 0.326 e. The van der Waals surface area contributed by atoms with Crippen molar-refractivity contribution >= 4 is 17.6 Å². The maximum atomic E-state index is 12.4. The number of nitrogens with zero attached hydrogens (tertiary/aromatic N) is 5. The molecule has 4 heterocycles. The van der Waals surface area contributed by atoms with Crippen molar-refractivity contribution in [2.75, 3.05) is 43.4 Å². The van der Waals surface area contributed by atoms with E-state index in [4.69, 9.17) is 9.72 Å². The van der Waals surface area contributed by atoms with Crippen molar-refractivity contribution in [2.45, 2.75) is 51.5 Å². The molecule has 44 heavy (non-hydrogen) atoms. The number of hydrogen-bond acceptors (Lipinski definition) is 9. The minimum Gasteiger partial charge on any atom is -0.490 e. The highest BCUT2D eigenvalue weighted by Gasteiger charge is 2.21. The van der Waals surface area contributed by atoms with Crippen LogP contribution in [0.1, 0.15) is 42.6 Å². The number of aryl methyl sites for hydroxylation is 3. The number of ether oxygens (including phenoxy) is 1. The molecular weight excluding hydrogens is 554 g/mol. The molecule has 0 aliphatic carbocycles. The fourth-order valence-corrected chi connectivity index (χ4v) is 5.40. The second kappa shape index (κ2) is 15.8. The lowest BCUT2D eigenvalue weighted by Crippen LogP contribution is -2.37. The Morgan fingerprint density at radius 1 is 1.07 bits per heavy atom. The van der Waals surface area contributed by atoms with Crippen LogP contribution >= 0.6 is 0 Å². The summed E-state index contributed by atoms with van der Waals surface area (Å²) < 4.78 is 6.04. The highest BCUT2D eigenvalue weighted by molar-refractivity contribution is 5.81. The van der Waals surface area contributed by atoms with E-state index in [9.17, 15) is 9.90 Å². The first-order valence-corrected chi connectivity index (χ1v) is 15.4. The van der Waals surface area contributed by atoms with E-state index < -0.39 is 12.0 Å². The molecule has 10 heteroatoms. The lowest BCUT2D eigenvalue weighted by molar-refractivity contribution is -0.138. The molecule has 1 aromatic carbocycles. The second-order valence-electron chi connectivity index (χ2n) is 11.0. The van der Waals surface area contributed by atoms with E-state index in [0.717, 1.165) is 79.3 Å². The topological polar surface area (TPSA) is 125 Å². The van der Waals surface area contributed by atoms with Crippen molar-refractivity contribution < 1.29 is 14.6 Å². The van der Waals surface area contributed by atoms with E-state index in [2.05, 4.69) is 42.6 Å². The standard InChI is InChI=1S/C34H41N7O3/c1-25-31(13-8-17-36-25)44-22-21-41(19-6-5-12-28-15-14-27-11-7-18-37-32(27)39-28)20-16-30(34(42)43)40-33-29(23-35-24-38-33)26-9-3-2-4-10-26/h2-4,8-10,13-15,17,23-24,30H,5-7,11-12,16,18-22H2,1H3,(H,37,39)(H,42,43)(H,35,38,40)/t30-/m0/s1. The lowest BCUT2D eigenvalue weighted by Gasteiger charge is -2.25. The van der Waals surface area contributed by atoms with Crippen molar-refractivity contribution in [3.8, 4) is 16.9 Å². The van der Waals surface area contributed by atoms with Crippen LogP contribution in [-0.2, 0) is 17.6 Å². The number of carboxylic acids is 1. The molecule has 0 saturated carbocycles. The quantitative estimate of drug-likeness (QED) is 0.148. The lowest BCUT2D eigenvalue weighted by atomic mass is 10.1. The van der Waals surface area contributed by atoms with Crippen LogP contribution in [-0.4, -0.2) is 74.7 Å². The van der Waals surface area contributed by atoms with E-state index in [1.807, 2.05) is 49.4 Å². The normalized spacial score (nSPS) is 13.1. The number of anilines is 2. The van der Waals surface area contributed by atoms with Crippen LogP contribution in [0.3, 0.4) is 0 Å². The molecule has 0 radical (unpaired) electrons. The van der Waals surface area contributed by atoms with Crippen LogP contribution in [0.25, 0.3) is 11.1 Å². The minimum atomic E-state index is -0.920. The highest BCUT2D eigenvalue weighted by atomic mass is 16.5. The van der Waals surface area contributed by atoms with Gasteiger partial charge in [-0.3, -0.25) is 9.88 Å². The van der Waals surface area contributed by atoms with Crippen molar-refractivity contribution in [3.05, 3.63) is 90.3 Å². The Morgan fingerprint density at radius 3 is 2.80 bits per heavy atom. The zero-order chi connectivity index (χ0) is 30.6. The first kappa shape index (κ1) is 30.9. The summed E-state index contributed by atoms with van der Waals surface area (Å²) in [4.78, 5) is 32.3. The van der Waals surface area contributed by atoms with Gasteiger partial charge in [0.2, 0.25) is 0 Å². The van der Waals surface area contributed by atoms with Gasteiger partial charge >= 0.3 is 5.97 Å². The summed E-state index contributed by atoms with van der Waals surface area (Å²) in [5.74, 6) is 1.39. The molecule has 0 amide bonds. The van der Waals surface area contributed by atoms with Crippen molar-refractivity contribution in [2.24, 2.45) is 0 Å². The van der Waals surface area contributed by atoms with Gasteiger partial charge in [0.25, 0.3) is 0 Å². The highest BCUT2D eigenvalue weighted by Crippen LogP contribution is 2.26. The summed E-state index contributed by atoms with van der Waals surface area (Å²) in [7, 11) is 0. The van der Waals surface area contributed by atoms with Crippen molar-refractivity contribution in [1.82, 2.24) is 24.8 Å². The van der Waals surface area contributed by atoms with Gasteiger partial charge in [0.15, 0.2) is 0 Å². The number of rotatable bonds is 16. The van der Waals surface area contributed by atoms with Gasteiger partial charge in [-0.2, -0.15) is 0 Å². The number of pyridine rings is 2. The van der Waals surface area contributed by atoms with Gasteiger partial charge < -0.3 is 20.5 Å². The first-order valence-electron chi connectivity index (χ1n) is 15.4. The zero-order valence-corrected chi connectivity index (χ0v) is 25.3. The van der Waals surface area contributed by atoms with E-state index in [-0.39, 0.29) is 0 Å². The maximum absolute atomic E-state index is 12.4. The molecule has 1 aliphatic heterocycles. The molecule has 0 saturated heterocycles. The third-order valence-corrected chi connectivity index (χ3v) is 7.87. The predicted octanol–water partition coefficient (Wildman–Crippen LogP) is 5.26. The number of benzene rings is 1. The monoisotopic (exact) mass is 595 g/mol. The Morgan fingerprint density at radius 2 is 1.95 bits per heavy atom. The zero-order valence-electron chi connectivity index (χ0n) is 25.3. The number of unbranched alkanes of at least 4 members (excludes halogenated alkanes) is 1. The van der Waals surface area contributed by atoms with E-state index in [1.54, 1.807) is 12.4 Å². The number of fused-ring (bicyclic) bond motifs is 1. The number of aromatic nitrogens is 4. The Balaban J connectivity index is 1.19. The van der Waals surface area contributed by atoms with Crippen LogP contribution in [0.5, 0.6) is 5.75 Å². The molecule has 3 N–H and O–H groups in total. The fourth-order valence-electron chi connectivity index (χ4n) is 5.40. The number of nitrogens with one attached hydrogen (secondary N) is 2. The van der Waals surface area contributed by atoms with Gasteiger partial charge in [0.05, 0.1) is 5.69 Å². The van der Waals surface area contributed by atoms with Crippen LogP contribution in [0.15, 0.2) is 73.3 Å². The first-order chi connectivity index (χ1) is 21.6. The molecule has 10 nitrogen and oxygen atoms in total. The van der Waals surface area contributed by atoms with Gasteiger partial charge in [-0.25, -0.2) is 19.7 Å². The largest absolute Gasteiger partial charge is 0.490 e. The van der Waals surface area contributed by atoms with Crippen LogP contribution in [0.2, 0.25) is 0 Å². The van der Waals surface area contributed by atoms with Gasteiger partial charge in [-0.1, -0.05) is 36.4 Å². The average molecular weight is 596 g/mol. The molecule has 0 fully saturated rings. The van der Waals surface area contributed by atoms with Crippen LogP contribution < -0.4 is 15.4 Å². The summed E-state index contributed by atoms with van der Waals surface area (Å²) >= 11 is 0. The van der Waals surface area contributed by atoms with E-state index in [0.29, 0.717) is 31.9 Å². The molecule has 3 aromatic heterocycles. The molecular formula is C34H41N7O3. The van der Waals surface area contributed by atoms with Gasteiger partial charge in [0.1, 0.15) is 36.4 Å². The summed E-state index contributed by atoms with van der Waals surface area (Å²) in [6.07, 6.45) is 10.4. The number of carboxylic acid groups (broad SMARTS) is 1. The summed E-state index contributed by atoms with van der Waals surface area (Å²) in [5, 5.41) is 16.7. The Kier molecular flexibility index (Phi) is 11.1. The third kappa shape index (κ3) is 8.73. The van der Waals surface area contributed by atoms with Crippen molar-refractivity contribution in [3.63, 3.8) is 0 Å². The Bertz CT molecular complexity index is 1500. The average Bonchev–Trinajstić information content (AvgIpc) is 3.05. The fraction of sp³-hybridized carbons (Fsp3) is 0.382. The molecule has 5 rings (SSSR count). The van der Waals surface area contributed by atoms with Crippen LogP contribution in [0, 0.1) is 6.92 Å². The maximum Gasteiger partial charge on any atom is 0.326 e. The minimum absolute atomic E-state index is 0.400. The second-order valence-corrected chi connectivity index (χ2v) is 11.0. The van der Waals surface area contributed by atoms with Crippen LogP contribution in [0.4, 0.5) is 11.6 Å². The van der Waals surface area contributed by atoms with Gasteiger partial charge in [0, 0.05) is 43.3 Å². The molecule has 0 bridgehead atoms. The predicted molar refractivity (Wildman–Crippen MR) is 172 cm³/mol. The molecule has 1 atom stereocenters. The molecule has 0 spiro atoms. The molecule has 4 aromatic rings. The van der Waals surface area contributed by atoms with E-state index in [1.165, 1.54) is 11.9 Å².